The summed E-state index contributed by atoms with van der Waals surface area (Å²) in [5.41, 5.74) is 5.60. The zero-order chi connectivity index (χ0) is 52.9. The summed E-state index contributed by atoms with van der Waals surface area (Å²) >= 11 is 13.2. The van der Waals surface area contributed by atoms with Gasteiger partial charge in [0, 0.05) is 102 Å². The topological polar surface area (TPSA) is 66.1 Å². The molecule has 4 atom stereocenters. The Morgan fingerprint density at radius 1 is 0.395 bits per heavy atom. The highest BCUT2D eigenvalue weighted by Gasteiger charge is 2.41. The predicted octanol–water partition coefficient (Wildman–Crippen LogP) is 23.3. The largest absolute Gasteiger partial charge is 0.288 e. The average Bonchev–Trinajstić information content (AvgIpc) is 4.32. The molecule has 0 amide bonds. The molecule has 8 aromatic rings. The summed E-state index contributed by atoms with van der Waals surface area (Å²) in [5, 5.41) is 2.74. The van der Waals surface area contributed by atoms with Gasteiger partial charge in [-0.05, 0) is 112 Å². The number of thiophene rings is 7. The van der Waals surface area contributed by atoms with E-state index in [-0.39, 0.29) is 17.7 Å². The summed E-state index contributed by atoms with van der Waals surface area (Å²) in [4.78, 5) is 45.6. The van der Waals surface area contributed by atoms with Crippen molar-refractivity contribution in [1.29, 1.82) is 0 Å². The average molecular weight is 1150 g/mol. The van der Waals surface area contributed by atoms with Gasteiger partial charge in [0.25, 0.3) is 0 Å². The van der Waals surface area contributed by atoms with Gasteiger partial charge in [0.05, 0.1) is 10.4 Å². The molecule has 7 aromatic heterocycles. The van der Waals surface area contributed by atoms with E-state index in [0.717, 1.165) is 92.3 Å². The van der Waals surface area contributed by atoms with Gasteiger partial charge in [-0.1, -0.05) is 158 Å². The zero-order valence-electron chi connectivity index (χ0n) is 47.2. The third kappa shape index (κ3) is 12.3. The Balaban J connectivity index is 0.00000765. The van der Waals surface area contributed by atoms with Crippen molar-refractivity contribution >= 4 is 111 Å². The number of fused-ring (bicyclic) bond motifs is 4. The molecule has 9 rings (SSSR count). The zero-order valence-corrected chi connectivity index (χ0v) is 53.0. The summed E-state index contributed by atoms with van der Waals surface area (Å²) in [6.45, 7) is 22.9. The van der Waals surface area contributed by atoms with Crippen LogP contribution in [0.1, 0.15) is 219 Å². The smallest absolute Gasteiger partial charge is 0.197 e. The molecule has 1 N–H and O–H groups in total. The fourth-order valence-corrected chi connectivity index (χ4v) is 20.7. The fraction of sp³-hybridized carbons (Fsp3) is 0.515. The van der Waals surface area contributed by atoms with E-state index in [0.29, 0.717) is 23.0 Å². The predicted molar refractivity (Wildman–Crippen MR) is 342 cm³/mol. The van der Waals surface area contributed by atoms with Gasteiger partial charge in [-0.25, -0.2) is 0 Å². The molecule has 406 valence electrons. The van der Waals surface area contributed by atoms with E-state index >= 15 is 9.59 Å². The minimum atomic E-state index is 0. The molecule has 0 spiro atoms. The van der Waals surface area contributed by atoms with Crippen LogP contribution in [0.3, 0.4) is 0 Å². The molecule has 0 bridgehead atoms. The number of hydrogen-bond acceptors (Lipinski definition) is 9. The number of nitrogens with one attached hydrogen (secondary N) is 1. The van der Waals surface area contributed by atoms with Crippen LogP contribution < -0.4 is 6.15 Å². The Labute approximate surface area is 484 Å². The van der Waals surface area contributed by atoms with Gasteiger partial charge in [0.2, 0.25) is 0 Å². The maximum absolute atomic E-state index is 15.5. The van der Waals surface area contributed by atoms with Gasteiger partial charge in [0.15, 0.2) is 11.6 Å². The summed E-state index contributed by atoms with van der Waals surface area (Å²) in [7, 11) is 0. The molecule has 1 aliphatic carbocycles. The minimum absolute atomic E-state index is 0. The van der Waals surface area contributed by atoms with Crippen LogP contribution in [-0.4, -0.2) is 11.6 Å². The minimum Gasteiger partial charge on any atom is -0.288 e. The van der Waals surface area contributed by atoms with Crippen LogP contribution in [0, 0.1) is 37.5 Å². The van der Waals surface area contributed by atoms with Gasteiger partial charge in [0.1, 0.15) is 0 Å². The van der Waals surface area contributed by atoms with E-state index in [1.165, 1.54) is 149 Å². The second kappa shape index (κ2) is 26.9. The van der Waals surface area contributed by atoms with Crippen LogP contribution in [0.2, 0.25) is 0 Å². The lowest BCUT2D eigenvalue weighted by molar-refractivity contribution is 0.0979. The maximum Gasteiger partial charge on any atom is 0.197 e. The summed E-state index contributed by atoms with van der Waals surface area (Å²) < 4.78 is 2.78. The highest BCUT2D eigenvalue weighted by Crippen LogP contribution is 2.55. The van der Waals surface area contributed by atoms with Gasteiger partial charge in [-0.3, -0.25) is 9.59 Å². The third-order valence-electron chi connectivity index (χ3n) is 16.6. The number of hydrogen-bond donors (Lipinski definition) is 0. The Bertz CT molecular complexity index is 3120. The van der Waals surface area contributed by atoms with Crippen molar-refractivity contribution in [2.45, 2.75) is 198 Å². The standard InChI is InChI=1S/C66H82O2S7.HN/c1-11-19-23-41(15-5)34-45-27-29-50(71-45)57-47-33-39(9)69-64(47)58(51-30-28-46(72-51)35-42(16-6)24-20-12-2)48-38-53(75-65(48)57)49-31-32-52(73-49)66-61-56(40(10)70-66)62(67)59-54(36-43(17-7)25-21-13-3)74-55(60(59)63(61)68)37-44(18-8)26-22-14-4;/h27-33,38,41-44H,11-26,34-37H2,1-10H3;1H. The van der Waals surface area contributed by atoms with Gasteiger partial charge in [-0.15, -0.1) is 79.4 Å². The number of aryl methyl sites for hydroxylation is 2. The molecule has 76 heavy (non-hydrogen) atoms. The van der Waals surface area contributed by atoms with Crippen molar-refractivity contribution in [3.05, 3.63) is 100 Å². The second-order valence-electron chi connectivity index (χ2n) is 22.0. The molecule has 2 radical (unpaired) electrons. The normalized spacial score (nSPS) is 14.2. The fourth-order valence-electron chi connectivity index (χ4n) is 12.0. The first kappa shape index (κ1) is 59.1. The van der Waals surface area contributed by atoms with E-state index in [1.54, 1.807) is 34.0 Å². The quantitative estimate of drug-likeness (QED) is 0.0490. The molecule has 0 saturated carbocycles. The van der Waals surface area contributed by atoms with Crippen molar-refractivity contribution in [2.75, 3.05) is 0 Å². The molecule has 4 unspecified atom stereocenters. The summed E-state index contributed by atoms with van der Waals surface area (Å²) in [6.07, 6.45) is 23.5. The van der Waals surface area contributed by atoms with Crippen LogP contribution >= 0.6 is 79.4 Å². The molecule has 0 saturated heterocycles. The van der Waals surface area contributed by atoms with E-state index in [9.17, 15) is 0 Å². The Morgan fingerprint density at radius 3 is 1.32 bits per heavy atom. The molecular weight excluding hydrogens is 1060 g/mol. The first-order chi connectivity index (χ1) is 36.5. The summed E-state index contributed by atoms with van der Waals surface area (Å²) in [6, 6.07) is 19.2. The highest BCUT2D eigenvalue weighted by atomic mass is 32.1. The second-order valence-corrected chi connectivity index (χ2v) is 30.1. The molecule has 3 nitrogen and oxygen atoms in total. The van der Waals surface area contributed by atoms with Crippen molar-refractivity contribution in [1.82, 2.24) is 6.15 Å². The highest BCUT2D eigenvalue weighted by molar-refractivity contribution is 7.29. The monoisotopic (exact) mass is 1150 g/mol. The molecule has 7 heterocycles. The first-order valence-electron chi connectivity index (χ1n) is 29.1. The molecule has 0 fully saturated rings. The van der Waals surface area contributed by atoms with Crippen LogP contribution in [0.15, 0.2) is 48.5 Å². The van der Waals surface area contributed by atoms with Crippen molar-refractivity contribution < 1.29 is 9.59 Å². The number of ketones is 2. The number of unbranched alkanes of at least 4 members (excludes halogenated alkanes) is 4. The molecule has 1 aliphatic rings. The van der Waals surface area contributed by atoms with Gasteiger partial charge >= 0.3 is 0 Å². The van der Waals surface area contributed by atoms with Crippen LogP contribution in [0.5, 0.6) is 0 Å². The molecule has 0 aliphatic heterocycles. The van der Waals surface area contributed by atoms with Crippen molar-refractivity contribution in [3.63, 3.8) is 0 Å². The number of benzene rings is 1. The number of rotatable bonds is 28. The molecule has 1 aromatic carbocycles. The van der Waals surface area contributed by atoms with Gasteiger partial charge < -0.3 is 0 Å². The van der Waals surface area contributed by atoms with Crippen molar-refractivity contribution in [2.24, 2.45) is 23.7 Å². The molecular formula is C66H83NO2S7. The van der Waals surface area contributed by atoms with Gasteiger partial charge in [-0.2, -0.15) is 6.15 Å². The lowest BCUT2D eigenvalue weighted by Gasteiger charge is -2.19. The van der Waals surface area contributed by atoms with E-state index in [1.807, 2.05) is 45.3 Å². The van der Waals surface area contributed by atoms with E-state index in [2.05, 4.69) is 118 Å². The van der Waals surface area contributed by atoms with Crippen LogP contribution in [-0.2, 0) is 25.7 Å². The Hall–Kier alpha value is -3.06. The Kier molecular flexibility index (Phi) is 20.9. The lowest BCUT2D eigenvalue weighted by Crippen LogP contribution is -2.22. The molecule has 10 heteroatoms. The van der Waals surface area contributed by atoms with E-state index < -0.39 is 0 Å². The number of carbonyl (C=O) groups excluding carboxylic acids is 2. The summed E-state index contributed by atoms with van der Waals surface area (Å²) in [5.74, 6) is 2.65. The maximum atomic E-state index is 15.5. The SMILES string of the molecule is CCCCC(CC)Cc1ccc(-c2c3cc(-c4ccc(-c5sc(C)c6c5C(=O)c5c(CC(CC)CCCC)sc(CC(CC)CCCC)c5C6=O)s4)sc3c(-c3ccc(CC(CC)CCCC)s3)c3cc(C)sc23)s1.[NH]. The van der Waals surface area contributed by atoms with Crippen LogP contribution in [0.25, 0.3) is 60.6 Å². The van der Waals surface area contributed by atoms with Crippen molar-refractivity contribution in [3.8, 4) is 40.4 Å². The third-order valence-corrected chi connectivity index (χ3v) is 24.9. The van der Waals surface area contributed by atoms with E-state index in [4.69, 9.17) is 0 Å². The Morgan fingerprint density at radius 2 is 0.829 bits per heavy atom. The first-order valence-corrected chi connectivity index (χ1v) is 34.8. The lowest BCUT2D eigenvalue weighted by atomic mass is 9.81. The van der Waals surface area contributed by atoms with Crippen LogP contribution in [0.4, 0.5) is 0 Å². The number of carbonyl (C=O) groups is 2.